The van der Waals surface area contributed by atoms with E-state index in [1.54, 1.807) is 41.1 Å². The molecule has 3 N–H and O–H groups in total. The van der Waals surface area contributed by atoms with Gasteiger partial charge in [-0.15, -0.1) is 0 Å². The van der Waals surface area contributed by atoms with Crippen molar-refractivity contribution in [2.24, 2.45) is 7.05 Å². The lowest BCUT2D eigenvalue weighted by molar-refractivity contribution is -0.139. The number of carboxylic acids is 1. The van der Waals surface area contributed by atoms with Crippen LogP contribution in [0.25, 0.3) is 11.1 Å². The highest BCUT2D eigenvalue weighted by Crippen LogP contribution is 2.30. The summed E-state index contributed by atoms with van der Waals surface area (Å²) >= 11 is 3.43. The van der Waals surface area contributed by atoms with Gasteiger partial charge in [0.05, 0.1) is 5.69 Å². The van der Waals surface area contributed by atoms with Crippen LogP contribution in [0.1, 0.15) is 27.3 Å². The van der Waals surface area contributed by atoms with E-state index in [1.807, 2.05) is 33.0 Å². The summed E-state index contributed by atoms with van der Waals surface area (Å²) in [5.74, 6) is -1.78. The number of ether oxygens (including phenoxy) is 1. The lowest BCUT2D eigenvalue weighted by atomic mass is 10.0. The Bertz CT molecular complexity index is 1210. The predicted octanol–water partition coefficient (Wildman–Crippen LogP) is 3.58. The van der Waals surface area contributed by atoms with Gasteiger partial charge in [0.2, 0.25) is 0 Å². The minimum absolute atomic E-state index is 0.000628. The molecule has 3 aromatic rings. The maximum atomic E-state index is 12.8. The number of amides is 2. The molecule has 34 heavy (non-hydrogen) atoms. The Labute approximate surface area is 205 Å². The first kappa shape index (κ1) is 25.0. The predicted molar refractivity (Wildman–Crippen MR) is 129 cm³/mol. The van der Waals surface area contributed by atoms with Crippen molar-refractivity contribution in [3.8, 4) is 11.1 Å². The fourth-order valence-corrected chi connectivity index (χ4v) is 3.95. The molecule has 0 spiro atoms. The van der Waals surface area contributed by atoms with Crippen molar-refractivity contribution < 1.29 is 24.2 Å². The molecule has 2 aromatic carbocycles. The zero-order valence-electron chi connectivity index (χ0n) is 19.0. The Kier molecular flexibility index (Phi) is 8.06. The first-order valence-electron chi connectivity index (χ1n) is 10.4. The summed E-state index contributed by atoms with van der Waals surface area (Å²) in [5.41, 5.74) is 4.61. The molecule has 178 valence electrons. The van der Waals surface area contributed by atoms with Crippen LogP contribution in [0.4, 0.5) is 4.79 Å². The van der Waals surface area contributed by atoms with Gasteiger partial charge in [-0.3, -0.25) is 9.48 Å². The normalized spacial score (nSPS) is 11.5. The number of carboxylic acid groups (broad SMARTS) is 1. The number of aryl methyl sites for hydroxylation is 2. The second kappa shape index (κ2) is 11.0. The second-order valence-electron chi connectivity index (χ2n) is 7.70. The molecule has 0 fully saturated rings. The zero-order chi connectivity index (χ0) is 24.8. The van der Waals surface area contributed by atoms with Crippen molar-refractivity contribution in [1.29, 1.82) is 0 Å². The van der Waals surface area contributed by atoms with Crippen LogP contribution in [0, 0.1) is 13.8 Å². The lowest BCUT2D eigenvalue weighted by Gasteiger charge is -2.16. The van der Waals surface area contributed by atoms with E-state index >= 15 is 0 Å². The molecule has 1 atom stereocenters. The van der Waals surface area contributed by atoms with Crippen molar-refractivity contribution in [3.63, 3.8) is 0 Å². The number of halogens is 1. The topological polar surface area (TPSA) is 123 Å². The number of aromatic nitrogens is 2. The van der Waals surface area contributed by atoms with Crippen molar-refractivity contribution >= 4 is 33.9 Å². The maximum absolute atomic E-state index is 12.8. The first-order valence-corrected chi connectivity index (χ1v) is 11.2. The largest absolute Gasteiger partial charge is 0.480 e. The van der Waals surface area contributed by atoms with Crippen molar-refractivity contribution in [3.05, 3.63) is 75.5 Å². The van der Waals surface area contributed by atoms with Crippen LogP contribution < -0.4 is 10.6 Å². The third kappa shape index (κ3) is 6.22. The third-order valence-corrected chi connectivity index (χ3v) is 5.69. The fraction of sp³-hybridized carbons (Fsp3) is 0.250. The number of nitrogens with one attached hydrogen (secondary N) is 2. The van der Waals surface area contributed by atoms with Gasteiger partial charge in [-0.25, -0.2) is 9.59 Å². The summed E-state index contributed by atoms with van der Waals surface area (Å²) < 4.78 is 7.52. The molecule has 10 heteroatoms. The molecular weight excluding hydrogens is 504 g/mol. The standard InChI is InChI=1S/C24H25BrN4O5/c1-14-21(15(2)29(3)28-14)17-9-18(11-19(25)10-17)22(30)26-12-20(23(31)32)27-24(33)34-13-16-7-5-4-6-8-16/h4-11,20H,12-13H2,1-3H3,(H,26,30)(H,27,33)(H,31,32)/t20-/m1/s1. The van der Waals surface area contributed by atoms with E-state index in [2.05, 4.69) is 31.7 Å². The summed E-state index contributed by atoms with van der Waals surface area (Å²) in [6, 6.07) is 12.9. The summed E-state index contributed by atoms with van der Waals surface area (Å²) in [5, 5.41) is 18.7. The van der Waals surface area contributed by atoms with E-state index in [0.717, 1.165) is 28.1 Å². The van der Waals surface area contributed by atoms with Crippen LogP contribution in [0.15, 0.2) is 53.0 Å². The number of carbonyl (C=O) groups excluding carboxylic acids is 2. The molecule has 9 nitrogen and oxygen atoms in total. The molecule has 1 aromatic heterocycles. The highest BCUT2D eigenvalue weighted by Gasteiger charge is 2.22. The maximum Gasteiger partial charge on any atom is 0.408 e. The van der Waals surface area contributed by atoms with Gasteiger partial charge in [-0.05, 0) is 43.2 Å². The van der Waals surface area contributed by atoms with Crippen LogP contribution >= 0.6 is 15.9 Å². The van der Waals surface area contributed by atoms with Gasteiger partial charge in [-0.1, -0.05) is 46.3 Å². The van der Waals surface area contributed by atoms with Crippen LogP contribution in [-0.2, 0) is 23.2 Å². The molecular formula is C24H25BrN4O5. The Balaban J connectivity index is 1.65. The van der Waals surface area contributed by atoms with E-state index < -0.39 is 24.0 Å². The molecule has 0 aliphatic rings. The average molecular weight is 529 g/mol. The summed E-state index contributed by atoms with van der Waals surface area (Å²) in [6.45, 7) is 3.51. The minimum atomic E-state index is -1.36. The number of aliphatic carboxylic acids is 1. The smallest absolute Gasteiger partial charge is 0.408 e. The molecule has 0 aliphatic heterocycles. The van der Waals surface area contributed by atoms with E-state index in [0.29, 0.717) is 10.0 Å². The Morgan fingerprint density at radius 1 is 1.15 bits per heavy atom. The monoisotopic (exact) mass is 528 g/mol. The Morgan fingerprint density at radius 2 is 1.85 bits per heavy atom. The zero-order valence-corrected chi connectivity index (χ0v) is 20.5. The van der Waals surface area contributed by atoms with Gasteiger partial charge in [0.25, 0.3) is 5.91 Å². The SMILES string of the molecule is Cc1nn(C)c(C)c1-c1cc(Br)cc(C(=O)NC[C@@H](NC(=O)OCc2ccccc2)C(=O)O)c1. The van der Waals surface area contributed by atoms with E-state index in [-0.39, 0.29) is 13.2 Å². The first-order chi connectivity index (χ1) is 16.2. The molecule has 0 saturated heterocycles. The number of hydrogen-bond acceptors (Lipinski definition) is 5. The quantitative estimate of drug-likeness (QED) is 0.410. The number of alkyl carbamates (subject to hydrolysis) is 1. The minimum Gasteiger partial charge on any atom is -0.480 e. The Morgan fingerprint density at radius 3 is 2.47 bits per heavy atom. The van der Waals surface area contributed by atoms with Crippen molar-refractivity contribution in [2.75, 3.05) is 6.54 Å². The van der Waals surface area contributed by atoms with Gasteiger partial charge in [0, 0.05) is 34.9 Å². The van der Waals surface area contributed by atoms with Crippen molar-refractivity contribution in [1.82, 2.24) is 20.4 Å². The summed E-state index contributed by atoms with van der Waals surface area (Å²) in [7, 11) is 1.85. The van der Waals surface area contributed by atoms with Crippen LogP contribution in [0.5, 0.6) is 0 Å². The molecule has 0 radical (unpaired) electrons. The van der Waals surface area contributed by atoms with E-state index in [1.165, 1.54) is 0 Å². The highest BCUT2D eigenvalue weighted by molar-refractivity contribution is 9.10. The summed E-state index contributed by atoms with van der Waals surface area (Å²) in [6.07, 6.45) is -0.891. The number of nitrogens with zero attached hydrogens (tertiary/aromatic N) is 2. The molecule has 0 aliphatic carbocycles. The van der Waals surface area contributed by atoms with E-state index in [9.17, 15) is 19.5 Å². The van der Waals surface area contributed by atoms with Gasteiger partial charge in [-0.2, -0.15) is 5.10 Å². The molecule has 0 bridgehead atoms. The third-order valence-electron chi connectivity index (χ3n) is 5.23. The second-order valence-corrected chi connectivity index (χ2v) is 8.62. The molecule has 3 rings (SSSR count). The van der Waals surface area contributed by atoms with Gasteiger partial charge in [0.15, 0.2) is 0 Å². The molecule has 0 unspecified atom stereocenters. The van der Waals surface area contributed by atoms with Gasteiger partial charge < -0.3 is 20.5 Å². The number of benzene rings is 2. The summed E-state index contributed by atoms with van der Waals surface area (Å²) in [4.78, 5) is 36.4. The number of hydrogen-bond donors (Lipinski definition) is 3. The van der Waals surface area contributed by atoms with Crippen molar-refractivity contribution in [2.45, 2.75) is 26.5 Å². The fourth-order valence-electron chi connectivity index (χ4n) is 3.46. The van der Waals surface area contributed by atoms with Crippen LogP contribution in [0.2, 0.25) is 0 Å². The average Bonchev–Trinajstić information content (AvgIpc) is 3.06. The number of rotatable bonds is 8. The van der Waals surface area contributed by atoms with Gasteiger partial charge in [0.1, 0.15) is 12.6 Å². The van der Waals surface area contributed by atoms with Gasteiger partial charge >= 0.3 is 12.1 Å². The molecule has 2 amide bonds. The lowest BCUT2D eigenvalue weighted by Crippen LogP contribution is -2.48. The Hall–Kier alpha value is -3.66. The number of carbonyl (C=O) groups is 3. The molecule has 1 heterocycles. The van der Waals surface area contributed by atoms with E-state index in [4.69, 9.17) is 4.74 Å². The van der Waals surface area contributed by atoms with Crippen LogP contribution in [0.3, 0.4) is 0 Å². The van der Waals surface area contributed by atoms with Crippen LogP contribution in [-0.4, -0.2) is 45.4 Å². The highest BCUT2D eigenvalue weighted by atomic mass is 79.9. The molecule has 0 saturated carbocycles.